The number of methoxy groups -OCH3 is 1. The van der Waals surface area contributed by atoms with Crippen molar-refractivity contribution in [3.05, 3.63) is 98.8 Å². The van der Waals surface area contributed by atoms with E-state index >= 15 is 0 Å². The first-order valence-electron chi connectivity index (χ1n) is 11.0. The van der Waals surface area contributed by atoms with E-state index in [1.807, 2.05) is 30.3 Å². The Balaban J connectivity index is 1.88. The summed E-state index contributed by atoms with van der Waals surface area (Å²) >= 11 is 12.5. The van der Waals surface area contributed by atoms with Gasteiger partial charge in [-0.15, -0.1) is 0 Å². The lowest BCUT2D eigenvalue weighted by atomic mass is 9.93. The Labute approximate surface area is 213 Å². The van der Waals surface area contributed by atoms with Crippen molar-refractivity contribution in [2.24, 2.45) is 0 Å². The molecule has 180 valence electrons. The second-order valence-electron chi connectivity index (χ2n) is 8.58. The SMILES string of the molecule is COc1c(Cl)cc(/C(O)=C2\C(=O)C(=O)N(Cc3cccnc3)C2c2ccc(C(C)C)cc2)cc1Cl. The third kappa shape index (κ3) is 4.77. The van der Waals surface area contributed by atoms with Crippen LogP contribution in [0.3, 0.4) is 0 Å². The number of aromatic nitrogens is 1. The lowest BCUT2D eigenvalue weighted by Crippen LogP contribution is -2.29. The number of pyridine rings is 1. The maximum absolute atomic E-state index is 13.3. The molecule has 1 N–H and O–H groups in total. The Bertz CT molecular complexity index is 1280. The van der Waals surface area contributed by atoms with Crippen molar-refractivity contribution in [1.82, 2.24) is 9.88 Å². The summed E-state index contributed by atoms with van der Waals surface area (Å²) in [5, 5.41) is 11.6. The summed E-state index contributed by atoms with van der Waals surface area (Å²) in [5.74, 6) is -1.29. The van der Waals surface area contributed by atoms with Crippen LogP contribution in [0, 0.1) is 0 Å². The van der Waals surface area contributed by atoms with Crippen LogP contribution in [0.25, 0.3) is 5.76 Å². The van der Waals surface area contributed by atoms with E-state index in [2.05, 4.69) is 18.8 Å². The van der Waals surface area contributed by atoms with Gasteiger partial charge in [0, 0.05) is 24.5 Å². The van der Waals surface area contributed by atoms with E-state index in [0.29, 0.717) is 11.5 Å². The predicted molar refractivity (Wildman–Crippen MR) is 136 cm³/mol. The Morgan fingerprint density at radius 3 is 2.31 bits per heavy atom. The quantitative estimate of drug-likeness (QED) is 0.244. The van der Waals surface area contributed by atoms with Crippen LogP contribution >= 0.6 is 23.2 Å². The molecule has 0 aliphatic carbocycles. The summed E-state index contributed by atoms with van der Waals surface area (Å²) in [7, 11) is 1.43. The van der Waals surface area contributed by atoms with E-state index in [-0.39, 0.29) is 39.2 Å². The molecule has 1 atom stereocenters. The Hall–Kier alpha value is -3.35. The molecule has 3 aromatic rings. The van der Waals surface area contributed by atoms with Crippen LogP contribution in [0.1, 0.15) is 48.1 Å². The Morgan fingerprint density at radius 2 is 1.77 bits per heavy atom. The Kier molecular flexibility index (Phi) is 7.15. The number of Topliss-reactive ketones (excluding diaryl/α,β-unsaturated/α-hetero) is 1. The van der Waals surface area contributed by atoms with Crippen molar-refractivity contribution in [2.45, 2.75) is 32.4 Å². The number of benzene rings is 2. The highest BCUT2D eigenvalue weighted by molar-refractivity contribution is 6.46. The summed E-state index contributed by atoms with van der Waals surface area (Å²) in [5.41, 5.74) is 2.75. The molecule has 0 spiro atoms. The van der Waals surface area contributed by atoms with Crippen LogP contribution < -0.4 is 4.74 Å². The number of likely N-dealkylation sites (tertiary alicyclic amines) is 1. The molecule has 0 bridgehead atoms. The third-order valence-electron chi connectivity index (χ3n) is 6.01. The van der Waals surface area contributed by atoms with Crippen LogP contribution in [0.2, 0.25) is 10.0 Å². The molecule has 1 saturated heterocycles. The minimum Gasteiger partial charge on any atom is -0.507 e. The molecule has 2 aromatic carbocycles. The van der Waals surface area contributed by atoms with Gasteiger partial charge in [-0.2, -0.15) is 0 Å². The predicted octanol–water partition coefficient (Wildman–Crippen LogP) is 6.14. The van der Waals surface area contributed by atoms with Gasteiger partial charge in [-0.1, -0.05) is 67.4 Å². The number of hydrogen-bond donors (Lipinski definition) is 1. The molecule has 0 radical (unpaired) electrons. The molecule has 1 fully saturated rings. The number of ether oxygens (including phenoxy) is 1. The van der Waals surface area contributed by atoms with Crippen molar-refractivity contribution >= 4 is 40.7 Å². The zero-order valence-electron chi connectivity index (χ0n) is 19.5. The first kappa shape index (κ1) is 24.8. The molecule has 1 aromatic heterocycles. The van der Waals surface area contributed by atoms with E-state index in [4.69, 9.17) is 27.9 Å². The van der Waals surface area contributed by atoms with Crippen LogP contribution in [-0.2, 0) is 16.1 Å². The number of carbonyl (C=O) groups excluding carboxylic acids is 2. The van der Waals surface area contributed by atoms with Crippen LogP contribution in [0.5, 0.6) is 5.75 Å². The number of amides is 1. The van der Waals surface area contributed by atoms with Crippen molar-refractivity contribution in [2.75, 3.05) is 7.11 Å². The molecule has 2 heterocycles. The smallest absolute Gasteiger partial charge is 0.295 e. The molecule has 35 heavy (non-hydrogen) atoms. The van der Waals surface area contributed by atoms with E-state index in [1.54, 1.807) is 18.5 Å². The van der Waals surface area contributed by atoms with Gasteiger partial charge < -0.3 is 14.7 Å². The molecule has 0 saturated carbocycles. The third-order valence-corrected chi connectivity index (χ3v) is 6.57. The van der Waals surface area contributed by atoms with Gasteiger partial charge >= 0.3 is 0 Å². The number of nitrogens with zero attached hydrogens (tertiary/aromatic N) is 2. The van der Waals surface area contributed by atoms with Gasteiger partial charge in [-0.3, -0.25) is 14.6 Å². The molecule has 4 rings (SSSR count). The van der Waals surface area contributed by atoms with E-state index < -0.39 is 17.7 Å². The topological polar surface area (TPSA) is 79.7 Å². The standard InChI is InChI=1S/C27H24Cl2N2O4/c1-15(2)17-6-8-18(9-7-17)23-22(24(32)19-11-20(28)26(35-3)21(29)12-19)25(33)27(34)31(23)14-16-5-4-10-30-13-16/h4-13,15,23,32H,14H2,1-3H3/b24-22+. The largest absolute Gasteiger partial charge is 0.507 e. The van der Waals surface area contributed by atoms with Crippen LogP contribution in [0.15, 0.2) is 66.5 Å². The fraction of sp³-hybridized carbons (Fsp3) is 0.222. The number of carbonyl (C=O) groups is 2. The number of hydrogen-bond acceptors (Lipinski definition) is 5. The van der Waals surface area contributed by atoms with Gasteiger partial charge in [0.05, 0.1) is 28.8 Å². The van der Waals surface area contributed by atoms with Crippen molar-refractivity contribution in [1.29, 1.82) is 0 Å². The first-order valence-corrected chi connectivity index (χ1v) is 11.8. The zero-order valence-corrected chi connectivity index (χ0v) is 21.0. The van der Waals surface area contributed by atoms with Gasteiger partial charge in [0.15, 0.2) is 5.75 Å². The monoisotopic (exact) mass is 510 g/mol. The van der Waals surface area contributed by atoms with Gasteiger partial charge in [0.1, 0.15) is 5.76 Å². The highest BCUT2D eigenvalue weighted by Gasteiger charge is 2.46. The van der Waals surface area contributed by atoms with E-state index in [9.17, 15) is 14.7 Å². The number of ketones is 1. The minimum absolute atomic E-state index is 0.0338. The summed E-state index contributed by atoms with van der Waals surface area (Å²) in [6.07, 6.45) is 3.28. The van der Waals surface area contributed by atoms with Gasteiger partial charge in [0.25, 0.3) is 11.7 Å². The van der Waals surface area contributed by atoms with Gasteiger partial charge in [-0.25, -0.2) is 0 Å². The normalized spacial score (nSPS) is 17.3. The average molecular weight is 511 g/mol. The fourth-order valence-corrected chi connectivity index (χ4v) is 4.83. The summed E-state index contributed by atoms with van der Waals surface area (Å²) in [6.45, 7) is 4.32. The molecule has 1 unspecified atom stereocenters. The van der Waals surface area contributed by atoms with Crippen molar-refractivity contribution in [3.63, 3.8) is 0 Å². The molecule has 1 amide bonds. The van der Waals surface area contributed by atoms with E-state index in [1.165, 1.54) is 24.1 Å². The van der Waals surface area contributed by atoms with Crippen molar-refractivity contribution in [3.8, 4) is 5.75 Å². The van der Waals surface area contributed by atoms with Gasteiger partial charge in [0.2, 0.25) is 0 Å². The second-order valence-corrected chi connectivity index (χ2v) is 9.40. The first-order chi connectivity index (χ1) is 16.7. The van der Waals surface area contributed by atoms with Crippen LogP contribution in [0.4, 0.5) is 0 Å². The average Bonchev–Trinajstić information content (AvgIpc) is 3.09. The minimum atomic E-state index is -0.809. The second kappa shape index (κ2) is 10.1. The number of aliphatic hydroxyl groups is 1. The zero-order chi connectivity index (χ0) is 25.3. The summed E-state index contributed by atoms with van der Waals surface area (Å²) < 4.78 is 5.18. The van der Waals surface area contributed by atoms with Gasteiger partial charge in [-0.05, 0) is 40.8 Å². The lowest BCUT2D eigenvalue weighted by Gasteiger charge is -2.25. The van der Waals surface area contributed by atoms with E-state index in [0.717, 1.165) is 11.1 Å². The van der Waals surface area contributed by atoms with Crippen molar-refractivity contribution < 1.29 is 19.4 Å². The van der Waals surface area contributed by atoms with Crippen LogP contribution in [-0.4, -0.2) is 33.8 Å². The summed E-state index contributed by atoms with van der Waals surface area (Å²) in [6, 6.07) is 13.4. The number of aliphatic hydroxyl groups excluding tert-OH is 1. The molecule has 6 nitrogen and oxygen atoms in total. The highest BCUT2D eigenvalue weighted by Crippen LogP contribution is 2.42. The molecule has 1 aliphatic heterocycles. The highest BCUT2D eigenvalue weighted by atomic mass is 35.5. The maximum atomic E-state index is 13.3. The molecular weight excluding hydrogens is 487 g/mol. The molecule has 1 aliphatic rings. The molecule has 8 heteroatoms. The molecular formula is C27H24Cl2N2O4. The fourth-order valence-electron chi connectivity index (χ4n) is 4.19. The lowest BCUT2D eigenvalue weighted by molar-refractivity contribution is -0.140. The Morgan fingerprint density at radius 1 is 1.11 bits per heavy atom. The summed E-state index contributed by atoms with van der Waals surface area (Å²) in [4.78, 5) is 32.0. The maximum Gasteiger partial charge on any atom is 0.295 e. The number of halogens is 2. The number of rotatable bonds is 6.